The van der Waals surface area contributed by atoms with Crippen LogP contribution in [-0.4, -0.2) is 47.8 Å². The van der Waals surface area contributed by atoms with Crippen molar-refractivity contribution in [1.82, 2.24) is 9.80 Å². The van der Waals surface area contributed by atoms with Gasteiger partial charge in [0, 0.05) is 37.6 Å². The smallest absolute Gasteiger partial charge is 0.255 e. The zero-order valence-corrected chi connectivity index (χ0v) is 12.7. The van der Waals surface area contributed by atoms with Crippen molar-refractivity contribution in [1.29, 1.82) is 0 Å². The van der Waals surface area contributed by atoms with Crippen LogP contribution in [0.15, 0.2) is 18.2 Å². The molecule has 6 heteroatoms. The van der Waals surface area contributed by atoms with Gasteiger partial charge in [-0.2, -0.15) is 0 Å². The van der Waals surface area contributed by atoms with Crippen LogP contribution in [0, 0.1) is 0 Å². The lowest BCUT2D eigenvalue weighted by Gasteiger charge is -2.34. The number of piperazine rings is 1. The van der Waals surface area contributed by atoms with E-state index >= 15 is 0 Å². The van der Waals surface area contributed by atoms with Crippen LogP contribution in [0.5, 0.6) is 0 Å². The number of benzene rings is 1. The van der Waals surface area contributed by atoms with Gasteiger partial charge in [0.05, 0.1) is 10.6 Å². The standard InChI is InChI=1S/C14H16Cl2N2O2/c1-2-13(19)17-5-7-18(8-6-17)14(20)11-4-3-10(15)9-12(11)16/h3-4,9H,2,5-8H2,1H3. The quantitative estimate of drug-likeness (QED) is 0.842. The Labute approximate surface area is 128 Å². The second kappa shape index (κ2) is 6.46. The van der Waals surface area contributed by atoms with Gasteiger partial charge in [0.25, 0.3) is 5.91 Å². The van der Waals surface area contributed by atoms with Crippen molar-refractivity contribution in [3.63, 3.8) is 0 Å². The minimum atomic E-state index is -0.115. The first kappa shape index (κ1) is 15.1. The molecule has 0 N–H and O–H groups in total. The highest BCUT2D eigenvalue weighted by atomic mass is 35.5. The predicted octanol–water partition coefficient (Wildman–Crippen LogP) is 2.69. The van der Waals surface area contributed by atoms with Crippen LogP contribution >= 0.6 is 23.2 Å². The first-order valence-electron chi connectivity index (χ1n) is 6.55. The van der Waals surface area contributed by atoms with Crippen LogP contribution in [0.25, 0.3) is 0 Å². The van der Waals surface area contributed by atoms with Crippen LogP contribution in [0.2, 0.25) is 10.0 Å². The summed E-state index contributed by atoms with van der Waals surface area (Å²) in [5, 5.41) is 0.861. The maximum Gasteiger partial charge on any atom is 0.255 e. The van der Waals surface area contributed by atoms with Gasteiger partial charge in [0.15, 0.2) is 0 Å². The molecule has 0 saturated carbocycles. The Morgan fingerprint density at radius 2 is 1.70 bits per heavy atom. The number of hydrogen-bond donors (Lipinski definition) is 0. The van der Waals surface area contributed by atoms with Gasteiger partial charge in [0.1, 0.15) is 0 Å². The molecule has 1 heterocycles. The number of rotatable bonds is 2. The number of carbonyl (C=O) groups excluding carboxylic acids is 2. The van der Waals surface area contributed by atoms with E-state index in [0.717, 1.165) is 0 Å². The molecule has 0 spiro atoms. The van der Waals surface area contributed by atoms with Crippen LogP contribution in [0.1, 0.15) is 23.7 Å². The molecular weight excluding hydrogens is 299 g/mol. The normalized spacial score (nSPS) is 15.3. The first-order valence-corrected chi connectivity index (χ1v) is 7.30. The van der Waals surface area contributed by atoms with Gasteiger partial charge in [-0.25, -0.2) is 0 Å². The zero-order chi connectivity index (χ0) is 14.7. The summed E-state index contributed by atoms with van der Waals surface area (Å²) in [5.74, 6) is 0.0110. The Bertz CT molecular complexity index is 526. The lowest BCUT2D eigenvalue weighted by Crippen LogP contribution is -2.50. The molecule has 1 aromatic carbocycles. The number of carbonyl (C=O) groups is 2. The van der Waals surface area contributed by atoms with Gasteiger partial charge in [-0.1, -0.05) is 30.1 Å². The third-order valence-electron chi connectivity index (χ3n) is 3.38. The lowest BCUT2D eigenvalue weighted by atomic mass is 10.1. The molecule has 1 aliphatic rings. The topological polar surface area (TPSA) is 40.6 Å². The average Bonchev–Trinajstić information content (AvgIpc) is 2.46. The molecule has 108 valence electrons. The molecule has 0 aromatic heterocycles. The van der Waals surface area contributed by atoms with E-state index in [-0.39, 0.29) is 11.8 Å². The van der Waals surface area contributed by atoms with Gasteiger partial charge in [0.2, 0.25) is 5.91 Å². The molecule has 0 radical (unpaired) electrons. The summed E-state index contributed by atoms with van der Waals surface area (Å²) in [6, 6.07) is 4.85. The molecule has 0 atom stereocenters. The van der Waals surface area contributed by atoms with E-state index < -0.39 is 0 Å². The minimum absolute atomic E-state index is 0.115. The number of halogens is 2. The molecule has 1 saturated heterocycles. The molecule has 1 aromatic rings. The molecular formula is C14H16Cl2N2O2. The Morgan fingerprint density at radius 3 is 2.25 bits per heavy atom. The summed E-state index contributed by atoms with van der Waals surface area (Å²) in [5.41, 5.74) is 0.450. The Kier molecular flexibility index (Phi) is 4.89. The largest absolute Gasteiger partial charge is 0.339 e. The van der Waals surface area contributed by atoms with Gasteiger partial charge < -0.3 is 9.80 Å². The summed E-state index contributed by atoms with van der Waals surface area (Å²) in [4.78, 5) is 27.5. The minimum Gasteiger partial charge on any atom is -0.339 e. The third-order valence-corrected chi connectivity index (χ3v) is 3.93. The van der Waals surface area contributed by atoms with E-state index in [2.05, 4.69) is 0 Å². The number of nitrogens with zero attached hydrogens (tertiary/aromatic N) is 2. The van der Waals surface area contributed by atoms with Crippen molar-refractivity contribution in [2.45, 2.75) is 13.3 Å². The molecule has 2 amide bonds. The number of amides is 2. The van der Waals surface area contributed by atoms with Crippen LogP contribution in [0.3, 0.4) is 0 Å². The highest BCUT2D eigenvalue weighted by Gasteiger charge is 2.25. The molecule has 0 unspecified atom stereocenters. The summed E-state index contributed by atoms with van der Waals surface area (Å²) >= 11 is 11.9. The third kappa shape index (κ3) is 3.25. The van der Waals surface area contributed by atoms with E-state index in [0.29, 0.717) is 48.2 Å². The van der Waals surface area contributed by atoms with Crippen LogP contribution in [-0.2, 0) is 4.79 Å². The highest BCUT2D eigenvalue weighted by molar-refractivity contribution is 6.36. The Hall–Kier alpha value is -1.26. The van der Waals surface area contributed by atoms with E-state index in [4.69, 9.17) is 23.2 Å². The van der Waals surface area contributed by atoms with Gasteiger partial charge in [-0.05, 0) is 18.2 Å². The molecule has 2 rings (SSSR count). The molecule has 20 heavy (non-hydrogen) atoms. The first-order chi connectivity index (χ1) is 9.52. The molecule has 1 aliphatic heterocycles. The average molecular weight is 315 g/mol. The van der Waals surface area contributed by atoms with Gasteiger partial charge in [-0.15, -0.1) is 0 Å². The molecule has 1 fully saturated rings. The number of hydrogen-bond acceptors (Lipinski definition) is 2. The monoisotopic (exact) mass is 314 g/mol. The van der Waals surface area contributed by atoms with Crippen molar-refractivity contribution in [2.75, 3.05) is 26.2 Å². The van der Waals surface area contributed by atoms with E-state index in [1.807, 2.05) is 6.92 Å². The van der Waals surface area contributed by atoms with Crippen LogP contribution < -0.4 is 0 Å². The van der Waals surface area contributed by atoms with Crippen molar-refractivity contribution in [3.8, 4) is 0 Å². The Balaban J connectivity index is 2.03. The molecule has 0 aliphatic carbocycles. The summed E-state index contributed by atoms with van der Waals surface area (Å²) in [7, 11) is 0. The van der Waals surface area contributed by atoms with E-state index in [1.54, 1.807) is 28.0 Å². The molecule has 4 nitrogen and oxygen atoms in total. The second-order valence-electron chi connectivity index (χ2n) is 4.65. The maximum absolute atomic E-state index is 12.4. The van der Waals surface area contributed by atoms with Crippen molar-refractivity contribution in [2.24, 2.45) is 0 Å². The molecule has 0 bridgehead atoms. The fraction of sp³-hybridized carbons (Fsp3) is 0.429. The van der Waals surface area contributed by atoms with Crippen molar-refractivity contribution < 1.29 is 9.59 Å². The maximum atomic E-state index is 12.4. The summed E-state index contributed by atoms with van der Waals surface area (Å²) in [6.07, 6.45) is 0.497. The zero-order valence-electron chi connectivity index (χ0n) is 11.2. The van der Waals surface area contributed by atoms with Crippen molar-refractivity contribution >= 4 is 35.0 Å². The fourth-order valence-electron chi connectivity index (χ4n) is 2.22. The van der Waals surface area contributed by atoms with Gasteiger partial charge >= 0.3 is 0 Å². The predicted molar refractivity (Wildman–Crippen MR) is 79.2 cm³/mol. The van der Waals surface area contributed by atoms with Gasteiger partial charge in [-0.3, -0.25) is 9.59 Å². The van der Waals surface area contributed by atoms with Crippen LogP contribution in [0.4, 0.5) is 0 Å². The second-order valence-corrected chi connectivity index (χ2v) is 5.49. The van der Waals surface area contributed by atoms with E-state index in [9.17, 15) is 9.59 Å². The highest BCUT2D eigenvalue weighted by Crippen LogP contribution is 2.22. The lowest BCUT2D eigenvalue weighted by molar-refractivity contribution is -0.132. The fourth-order valence-corrected chi connectivity index (χ4v) is 2.71. The van der Waals surface area contributed by atoms with E-state index in [1.165, 1.54) is 0 Å². The Morgan fingerprint density at radius 1 is 1.10 bits per heavy atom. The summed E-state index contributed by atoms with van der Waals surface area (Å²) in [6.45, 7) is 4.05. The SMILES string of the molecule is CCC(=O)N1CCN(C(=O)c2ccc(Cl)cc2Cl)CC1. The van der Waals surface area contributed by atoms with Crippen molar-refractivity contribution in [3.05, 3.63) is 33.8 Å². The summed E-state index contributed by atoms with van der Waals surface area (Å²) < 4.78 is 0.